The third-order valence-electron chi connectivity index (χ3n) is 7.30. The summed E-state index contributed by atoms with van der Waals surface area (Å²) in [6.07, 6.45) is 5.78. The summed E-state index contributed by atoms with van der Waals surface area (Å²) in [4.78, 5) is 34.8. The predicted octanol–water partition coefficient (Wildman–Crippen LogP) is 5.07. The van der Waals surface area contributed by atoms with Crippen molar-refractivity contribution in [3.63, 3.8) is 0 Å². The Kier molecular flexibility index (Phi) is 8.88. The molecule has 0 aliphatic heterocycles. The molecule has 188 valence electrons. The number of anilines is 2. The molecule has 2 fully saturated rings. The first kappa shape index (κ1) is 25.9. The van der Waals surface area contributed by atoms with E-state index in [9.17, 15) is 19.7 Å². The molecule has 0 saturated heterocycles. The largest absolute Gasteiger partial charge is 0.481 e. The van der Waals surface area contributed by atoms with E-state index in [2.05, 4.69) is 31.4 Å². The maximum atomic E-state index is 12.7. The normalized spacial score (nSPS) is 27.2. The van der Waals surface area contributed by atoms with Gasteiger partial charge in [0.25, 0.3) is 11.6 Å². The van der Waals surface area contributed by atoms with Crippen LogP contribution in [0.1, 0.15) is 65.7 Å². The second-order valence-corrected chi connectivity index (χ2v) is 10.2. The van der Waals surface area contributed by atoms with Gasteiger partial charge >= 0.3 is 5.97 Å². The SMILES string of the molecule is CC1CCC(C(C)C)C(OCC(=O)Nc2cc(NC3CCC(C(=O)O)CC3)ccc2[N+](=O)[O-])C1. The van der Waals surface area contributed by atoms with Crippen LogP contribution in [0.4, 0.5) is 17.1 Å². The van der Waals surface area contributed by atoms with Gasteiger partial charge in [0, 0.05) is 17.8 Å². The van der Waals surface area contributed by atoms with E-state index in [1.54, 1.807) is 12.1 Å². The number of ether oxygens (including phenoxy) is 1. The molecule has 3 rings (SSSR count). The van der Waals surface area contributed by atoms with Crippen LogP contribution in [-0.2, 0) is 14.3 Å². The quantitative estimate of drug-likeness (QED) is 0.336. The van der Waals surface area contributed by atoms with Crippen molar-refractivity contribution in [1.82, 2.24) is 0 Å². The van der Waals surface area contributed by atoms with Crippen LogP contribution in [0.25, 0.3) is 0 Å². The zero-order valence-corrected chi connectivity index (χ0v) is 20.3. The highest BCUT2D eigenvalue weighted by atomic mass is 16.6. The summed E-state index contributed by atoms with van der Waals surface area (Å²) in [5.41, 5.74) is 0.599. The number of carboxylic acid groups (broad SMARTS) is 1. The Morgan fingerprint density at radius 3 is 2.50 bits per heavy atom. The molecule has 9 nitrogen and oxygen atoms in total. The van der Waals surface area contributed by atoms with Gasteiger partial charge in [-0.15, -0.1) is 0 Å². The van der Waals surface area contributed by atoms with Crippen molar-refractivity contribution in [3.8, 4) is 0 Å². The fourth-order valence-electron chi connectivity index (χ4n) is 5.28. The van der Waals surface area contributed by atoms with Crippen molar-refractivity contribution >= 4 is 28.9 Å². The molecule has 0 spiro atoms. The number of nitro benzene ring substituents is 1. The first-order chi connectivity index (χ1) is 16.1. The molecule has 34 heavy (non-hydrogen) atoms. The average molecular weight is 476 g/mol. The molecule has 3 unspecified atom stereocenters. The van der Waals surface area contributed by atoms with Gasteiger partial charge < -0.3 is 20.5 Å². The molecule has 0 bridgehead atoms. The number of aliphatic carboxylic acids is 1. The van der Waals surface area contributed by atoms with Gasteiger partial charge in [-0.25, -0.2) is 0 Å². The molecule has 9 heteroatoms. The molecular formula is C25H37N3O6. The van der Waals surface area contributed by atoms with Gasteiger partial charge in [0.15, 0.2) is 0 Å². The van der Waals surface area contributed by atoms with Crippen LogP contribution in [-0.4, -0.2) is 40.7 Å². The highest BCUT2D eigenvalue weighted by molar-refractivity contribution is 5.94. The van der Waals surface area contributed by atoms with E-state index >= 15 is 0 Å². The van der Waals surface area contributed by atoms with Crippen molar-refractivity contribution < 1.29 is 24.4 Å². The zero-order chi connectivity index (χ0) is 24.8. The number of carboxylic acids is 1. The number of carbonyl (C=O) groups excluding carboxylic acids is 1. The Labute approximate surface area is 200 Å². The Balaban J connectivity index is 1.61. The number of nitrogens with zero attached hydrogens (tertiary/aromatic N) is 1. The lowest BCUT2D eigenvalue weighted by atomic mass is 9.75. The molecular weight excluding hydrogens is 438 g/mol. The molecule has 1 amide bonds. The maximum absolute atomic E-state index is 12.7. The van der Waals surface area contributed by atoms with Crippen LogP contribution in [0.2, 0.25) is 0 Å². The van der Waals surface area contributed by atoms with E-state index in [4.69, 9.17) is 9.84 Å². The van der Waals surface area contributed by atoms with Crippen LogP contribution in [0, 0.1) is 33.8 Å². The van der Waals surface area contributed by atoms with Gasteiger partial charge in [-0.3, -0.25) is 19.7 Å². The van der Waals surface area contributed by atoms with E-state index < -0.39 is 16.8 Å². The van der Waals surface area contributed by atoms with Crippen molar-refractivity contribution in [3.05, 3.63) is 28.3 Å². The Hall–Kier alpha value is -2.68. The molecule has 0 heterocycles. The van der Waals surface area contributed by atoms with Gasteiger partial charge in [-0.05, 0) is 68.4 Å². The lowest BCUT2D eigenvalue weighted by Gasteiger charge is -2.37. The molecule has 1 aromatic rings. The van der Waals surface area contributed by atoms with Crippen LogP contribution in [0.5, 0.6) is 0 Å². The molecule has 1 aromatic carbocycles. The monoisotopic (exact) mass is 475 g/mol. The van der Waals surface area contributed by atoms with Crippen molar-refractivity contribution in [2.24, 2.45) is 23.7 Å². The molecule has 3 atom stereocenters. The third-order valence-corrected chi connectivity index (χ3v) is 7.30. The lowest BCUT2D eigenvalue weighted by Crippen LogP contribution is -2.36. The topological polar surface area (TPSA) is 131 Å². The van der Waals surface area contributed by atoms with Crippen LogP contribution in [0.3, 0.4) is 0 Å². The number of hydrogen-bond donors (Lipinski definition) is 3. The number of rotatable bonds is 9. The fraction of sp³-hybridized carbons (Fsp3) is 0.680. The number of benzene rings is 1. The van der Waals surface area contributed by atoms with Gasteiger partial charge in [0.05, 0.1) is 16.9 Å². The summed E-state index contributed by atoms with van der Waals surface area (Å²) in [5.74, 6) is -0.0620. The molecule has 3 N–H and O–H groups in total. The molecule has 0 aromatic heterocycles. The number of hydrogen-bond acceptors (Lipinski definition) is 6. The minimum absolute atomic E-state index is 0.0124. The Morgan fingerprint density at radius 2 is 1.88 bits per heavy atom. The Bertz CT molecular complexity index is 881. The third kappa shape index (κ3) is 6.91. The summed E-state index contributed by atoms with van der Waals surface area (Å²) < 4.78 is 6.00. The number of amides is 1. The second-order valence-electron chi connectivity index (χ2n) is 10.2. The van der Waals surface area contributed by atoms with Crippen molar-refractivity contribution in [1.29, 1.82) is 0 Å². The summed E-state index contributed by atoms with van der Waals surface area (Å²) in [6.45, 7) is 6.40. The van der Waals surface area contributed by atoms with E-state index in [1.165, 1.54) is 12.5 Å². The lowest BCUT2D eigenvalue weighted by molar-refractivity contribution is -0.383. The smallest absolute Gasteiger partial charge is 0.306 e. The van der Waals surface area contributed by atoms with E-state index in [-0.39, 0.29) is 36.0 Å². The molecule has 2 aliphatic carbocycles. The summed E-state index contributed by atoms with van der Waals surface area (Å²) in [6, 6.07) is 4.65. The number of carbonyl (C=O) groups is 2. The first-order valence-corrected chi connectivity index (χ1v) is 12.3. The fourth-order valence-corrected chi connectivity index (χ4v) is 5.28. The van der Waals surface area contributed by atoms with Crippen molar-refractivity contribution in [2.75, 3.05) is 17.2 Å². The first-order valence-electron chi connectivity index (χ1n) is 12.3. The average Bonchev–Trinajstić information content (AvgIpc) is 2.78. The van der Waals surface area contributed by atoms with Crippen molar-refractivity contribution in [2.45, 2.75) is 77.9 Å². The summed E-state index contributed by atoms with van der Waals surface area (Å²) in [7, 11) is 0. The summed E-state index contributed by atoms with van der Waals surface area (Å²) in [5, 5.41) is 26.7. The van der Waals surface area contributed by atoms with Gasteiger partial charge in [-0.2, -0.15) is 0 Å². The highest BCUT2D eigenvalue weighted by Crippen LogP contribution is 2.35. The van der Waals surface area contributed by atoms with E-state index in [0.717, 1.165) is 12.8 Å². The Morgan fingerprint density at radius 1 is 1.18 bits per heavy atom. The van der Waals surface area contributed by atoms with Crippen LogP contribution < -0.4 is 10.6 Å². The summed E-state index contributed by atoms with van der Waals surface area (Å²) >= 11 is 0. The number of nitrogens with one attached hydrogen (secondary N) is 2. The van der Waals surface area contributed by atoms with Gasteiger partial charge in [-0.1, -0.05) is 27.2 Å². The molecule has 2 aliphatic rings. The molecule has 0 radical (unpaired) electrons. The minimum atomic E-state index is -0.761. The zero-order valence-electron chi connectivity index (χ0n) is 20.3. The maximum Gasteiger partial charge on any atom is 0.306 e. The van der Waals surface area contributed by atoms with Gasteiger partial charge in [0.2, 0.25) is 0 Å². The van der Waals surface area contributed by atoms with Crippen LogP contribution in [0.15, 0.2) is 18.2 Å². The van der Waals surface area contributed by atoms with Crippen LogP contribution >= 0.6 is 0 Å². The minimum Gasteiger partial charge on any atom is -0.481 e. The number of nitro groups is 1. The molecule has 2 saturated carbocycles. The van der Waals surface area contributed by atoms with Gasteiger partial charge in [0.1, 0.15) is 12.3 Å². The highest BCUT2D eigenvalue weighted by Gasteiger charge is 2.32. The standard InChI is InChI=1S/C25H37N3O6/c1-15(2)20-10-4-16(3)12-23(20)34-14-24(29)27-21-13-19(9-11-22(21)28(32)33)26-18-7-5-17(6-8-18)25(30)31/h9,11,13,15-18,20,23,26H,4-8,10,12,14H2,1-3H3,(H,27,29)(H,30,31). The van der Waals surface area contributed by atoms with E-state index in [0.29, 0.717) is 49.1 Å². The predicted molar refractivity (Wildman–Crippen MR) is 130 cm³/mol. The second kappa shape index (κ2) is 11.6. The van der Waals surface area contributed by atoms with E-state index in [1.807, 2.05) is 0 Å².